The van der Waals surface area contributed by atoms with E-state index in [0.717, 1.165) is 0 Å². The monoisotopic (exact) mass is 204 g/mol. The molecular formula is C9H16O3S. The van der Waals surface area contributed by atoms with Gasteiger partial charge in [-0.2, -0.15) is 11.8 Å². The number of carbonyl (C=O) groups is 1. The molecule has 76 valence electrons. The van der Waals surface area contributed by atoms with E-state index in [1.165, 1.54) is 18.7 Å². The molecule has 1 unspecified atom stereocenters. The van der Waals surface area contributed by atoms with Gasteiger partial charge in [-0.25, -0.2) is 0 Å². The van der Waals surface area contributed by atoms with Gasteiger partial charge in [-0.05, 0) is 6.92 Å². The number of Topliss-reactive ketones (excluding diaryl/α,β-unsaturated/α-hetero) is 1. The first-order valence-electron chi connectivity index (χ1n) is 4.10. The Labute approximate surface area is 83.2 Å². The van der Waals surface area contributed by atoms with Crippen LogP contribution in [0.2, 0.25) is 0 Å². The summed E-state index contributed by atoms with van der Waals surface area (Å²) in [6, 6.07) is 0. The van der Waals surface area contributed by atoms with Crippen molar-refractivity contribution in [3.05, 3.63) is 12.7 Å². The molecule has 1 atom stereocenters. The molecule has 0 aliphatic rings. The fourth-order valence-corrected chi connectivity index (χ4v) is 1.45. The molecule has 0 rings (SSSR count). The Morgan fingerprint density at radius 3 is 3.00 bits per heavy atom. The zero-order chi connectivity index (χ0) is 10.1. The highest BCUT2D eigenvalue weighted by Gasteiger charge is 2.04. The van der Waals surface area contributed by atoms with Crippen LogP contribution in [-0.2, 0) is 9.53 Å². The van der Waals surface area contributed by atoms with Crippen molar-refractivity contribution in [2.45, 2.75) is 13.0 Å². The van der Waals surface area contributed by atoms with E-state index in [0.29, 0.717) is 24.7 Å². The van der Waals surface area contributed by atoms with Crippen LogP contribution in [0.3, 0.4) is 0 Å². The van der Waals surface area contributed by atoms with E-state index in [2.05, 4.69) is 6.58 Å². The van der Waals surface area contributed by atoms with Crippen molar-refractivity contribution in [1.82, 2.24) is 0 Å². The molecule has 0 aromatic carbocycles. The molecule has 0 saturated heterocycles. The molecule has 13 heavy (non-hydrogen) atoms. The second kappa shape index (κ2) is 8.29. The Hall–Kier alpha value is -0.320. The first-order chi connectivity index (χ1) is 6.16. The zero-order valence-corrected chi connectivity index (χ0v) is 8.68. The summed E-state index contributed by atoms with van der Waals surface area (Å²) >= 11 is 1.42. The molecule has 0 aliphatic heterocycles. The minimum absolute atomic E-state index is 0.129. The summed E-state index contributed by atoms with van der Waals surface area (Å²) in [5.41, 5.74) is 0. The maximum absolute atomic E-state index is 10.5. The minimum Gasteiger partial charge on any atom is -0.390 e. The highest BCUT2D eigenvalue weighted by atomic mass is 32.2. The van der Waals surface area contributed by atoms with Gasteiger partial charge >= 0.3 is 0 Å². The van der Waals surface area contributed by atoms with Crippen molar-refractivity contribution in [2.24, 2.45) is 0 Å². The lowest BCUT2D eigenvalue weighted by atomic mass is 10.4. The topological polar surface area (TPSA) is 46.5 Å². The predicted molar refractivity (Wildman–Crippen MR) is 55.0 cm³/mol. The maximum Gasteiger partial charge on any atom is 0.139 e. The summed E-state index contributed by atoms with van der Waals surface area (Å²) in [6.07, 6.45) is 1.14. The molecule has 0 aromatic rings. The summed E-state index contributed by atoms with van der Waals surface area (Å²) in [5.74, 6) is 1.12. The fraction of sp³-hybridized carbons (Fsp3) is 0.667. The number of carbonyl (C=O) groups excluding carboxylic acids is 1. The first-order valence-corrected chi connectivity index (χ1v) is 5.26. The van der Waals surface area contributed by atoms with Gasteiger partial charge in [0.15, 0.2) is 0 Å². The summed E-state index contributed by atoms with van der Waals surface area (Å²) in [4.78, 5) is 10.5. The van der Waals surface area contributed by atoms with Crippen LogP contribution in [0.15, 0.2) is 12.7 Å². The Morgan fingerprint density at radius 2 is 2.46 bits per heavy atom. The van der Waals surface area contributed by atoms with Crippen molar-refractivity contribution in [1.29, 1.82) is 0 Å². The molecule has 0 spiro atoms. The molecule has 0 amide bonds. The van der Waals surface area contributed by atoms with Crippen LogP contribution in [0, 0.1) is 0 Å². The standard InChI is InChI=1S/C9H16O3S/c1-3-4-12-5-9(11)7-13-6-8(2)10/h3,9,11H,1,4-7H2,2H3. The van der Waals surface area contributed by atoms with Crippen molar-refractivity contribution >= 4 is 17.5 Å². The second-order valence-electron chi connectivity index (χ2n) is 2.70. The van der Waals surface area contributed by atoms with E-state index < -0.39 is 6.10 Å². The van der Waals surface area contributed by atoms with Crippen molar-refractivity contribution < 1.29 is 14.6 Å². The third-order valence-electron chi connectivity index (χ3n) is 1.16. The SMILES string of the molecule is C=CCOCC(O)CSCC(C)=O. The molecule has 0 bridgehead atoms. The van der Waals surface area contributed by atoms with Crippen molar-refractivity contribution in [2.75, 3.05) is 24.7 Å². The van der Waals surface area contributed by atoms with Gasteiger partial charge in [-0.3, -0.25) is 4.79 Å². The number of aliphatic hydroxyl groups excluding tert-OH is 1. The Kier molecular flexibility index (Phi) is 8.08. The first kappa shape index (κ1) is 12.7. The summed E-state index contributed by atoms with van der Waals surface area (Å²) in [6.45, 7) is 5.78. The molecular weight excluding hydrogens is 188 g/mol. The number of thioether (sulfide) groups is 1. The van der Waals surface area contributed by atoms with Crippen molar-refractivity contribution in [3.63, 3.8) is 0 Å². The van der Waals surface area contributed by atoms with Crippen LogP contribution >= 0.6 is 11.8 Å². The molecule has 0 heterocycles. The number of ketones is 1. The van der Waals surface area contributed by atoms with Gasteiger partial charge in [-0.1, -0.05) is 6.08 Å². The number of rotatable bonds is 8. The average molecular weight is 204 g/mol. The molecule has 0 radical (unpaired) electrons. The fourth-order valence-electron chi connectivity index (χ4n) is 0.674. The van der Waals surface area contributed by atoms with Crippen LogP contribution in [0.1, 0.15) is 6.92 Å². The Bertz CT molecular complexity index is 159. The quantitative estimate of drug-likeness (QED) is 0.471. The maximum atomic E-state index is 10.5. The molecule has 3 nitrogen and oxygen atoms in total. The number of aliphatic hydroxyl groups is 1. The molecule has 0 saturated carbocycles. The summed E-state index contributed by atoms with van der Waals surface area (Å²) < 4.78 is 5.04. The summed E-state index contributed by atoms with van der Waals surface area (Å²) in [7, 11) is 0. The lowest BCUT2D eigenvalue weighted by molar-refractivity contribution is -0.114. The van der Waals surface area contributed by atoms with Crippen molar-refractivity contribution in [3.8, 4) is 0 Å². The lowest BCUT2D eigenvalue weighted by Crippen LogP contribution is -2.18. The highest BCUT2D eigenvalue weighted by Crippen LogP contribution is 2.03. The van der Waals surface area contributed by atoms with Gasteiger partial charge in [-0.15, -0.1) is 6.58 Å². The number of hydrogen-bond donors (Lipinski definition) is 1. The Morgan fingerprint density at radius 1 is 1.77 bits per heavy atom. The molecule has 0 aromatic heterocycles. The third kappa shape index (κ3) is 9.60. The van der Waals surface area contributed by atoms with Crippen LogP contribution in [0.25, 0.3) is 0 Å². The van der Waals surface area contributed by atoms with E-state index in [4.69, 9.17) is 4.74 Å². The van der Waals surface area contributed by atoms with Crippen LogP contribution < -0.4 is 0 Å². The molecule has 0 fully saturated rings. The Balaban J connectivity index is 3.24. The van der Waals surface area contributed by atoms with Crippen LogP contribution in [0.4, 0.5) is 0 Å². The predicted octanol–water partition coefficient (Wildman–Crippen LogP) is 0.872. The van der Waals surface area contributed by atoms with E-state index in [9.17, 15) is 9.90 Å². The minimum atomic E-state index is -0.496. The van der Waals surface area contributed by atoms with E-state index in [1.54, 1.807) is 6.08 Å². The van der Waals surface area contributed by atoms with E-state index in [1.807, 2.05) is 0 Å². The zero-order valence-electron chi connectivity index (χ0n) is 7.86. The van der Waals surface area contributed by atoms with Gasteiger partial charge < -0.3 is 9.84 Å². The number of ether oxygens (including phenoxy) is 1. The third-order valence-corrected chi connectivity index (χ3v) is 2.39. The van der Waals surface area contributed by atoms with Crippen LogP contribution in [-0.4, -0.2) is 41.7 Å². The van der Waals surface area contributed by atoms with E-state index >= 15 is 0 Å². The molecule has 0 aliphatic carbocycles. The lowest BCUT2D eigenvalue weighted by Gasteiger charge is -2.08. The van der Waals surface area contributed by atoms with Gasteiger partial charge in [0.25, 0.3) is 0 Å². The molecule has 1 N–H and O–H groups in total. The number of hydrogen-bond acceptors (Lipinski definition) is 4. The highest BCUT2D eigenvalue weighted by molar-refractivity contribution is 7.99. The van der Waals surface area contributed by atoms with Crippen LogP contribution in [0.5, 0.6) is 0 Å². The largest absolute Gasteiger partial charge is 0.390 e. The second-order valence-corrected chi connectivity index (χ2v) is 3.73. The van der Waals surface area contributed by atoms with E-state index in [-0.39, 0.29) is 5.78 Å². The van der Waals surface area contributed by atoms with Gasteiger partial charge in [0.1, 0.15) is 5.78 Å². The summed E-state index contributed by atoms with van der Waals surface area (Å²) in [5, 5.41) is 9.30. The smallest absolute Gasteiger partial charge is 0.139 e. The normalized spacial score (nSPS) is 12.5. The van der Waals surface area contributed by atoms with Gasteiger partial charge in [0.05, 0.1) is 25.1 Å². The van der Waals surface area contributed by atoms with Gasteiger partial charge in [0.2, 0.25) is 0 Å². The molecule has 4 heteroatoms. The average Bonchev–Trinajstić information content (AvgIpc) is 2.04. The van der Waals surface area contributed by atoms with Gasteiger partial charge in [0, 0.05) is 5.75 Å².